The van der Waals surface area contributed by atoms with Crippen molar-refractivity contribution in [2.24, 2.45) is 0 Å². The number of ketones is 1. The standard InChI is InChI=1S/C22H16Br2N2O3S2/c1-28-16-9-13(8-15(24)20(16)29-11-12-2-4-14(23)5-3-12)10-17-19(27)18(21(25)31-17)22-26-6-7-30-22/h2-10,18,25H,11H2,1H3/b17-10-,25-21?/t18-/m0/s1. The van der Waals surface area contributed by atoms with Gasteiger partial charge in [-0.2, -0.15) is 0 Å². The number of rotatable bonds is 6. The molecule has 5 nitrogen and oxygen atoms in total. The normalized spacial score (nSPS) is 17.4. The van der Waals surface area contributed by atoms with E-state index in [1.165, 1.54) is 23.1 Å². The fraction of sp³-hybridized carbons (Fsp3) is 0.136. The molecule has 31 heavy (non-hydrogen) atoms. The topological polar surface area (TPSA) is 72.3 Å². The van der Waals surface area contributed by atoms with Crippen molar-refractivity contribution in [2.75, 3.05) is 7.11 Å². The Bertz CT molecular complexity index is 1160. The molecule has 3 aromatic rings. The number of methoxy groups -OCH3 is 1. The zero-order chi connectivity index (χ0) is 22.0. The number of carbonyl (C=O) groups excluding carboxylic acids is 1. The minimum Gasteiger partial charge on any atom is -0.493 e. The van der Waals surface area contributed by atoms with Crippen molar-refractivity contribution in [1.82, 2.24) is 4.98 Å². The van der Waals surface area contributed by atoms with Crippen LogP contribution in [0.25, 0.3) is 6.08 Å². The van der Waals surface area contributed by atoms with Crippen LogP contribution in [0, 0.1) is 5.41 Å². The second kappa shape index (κ2) is 9.68. The number of Topliss-reactive ketones (excluding diaryl/α,β-unsaturated/α-hetero) is 1. The largest absolute Gasteiger partial charge is 0.493 e. The fourth-order valence-corrected chi connectivity index (χ4v) is 5.69. The van der Waals surface area contributed by atoms with E-state index in [9.17, 15) is 4.79 Å². The van der Waals surface area contributed by atoms with Gasteiger partial charge in [-0.05, 0) is 57.4 Å². The molecule has 0 saturated carbocycles. The van der Waals surface area contributed by atoms with Gasteiger partial charge in [-0.3, -0.25) is 10.2 Å². The summed E-state index contributed by atoms with van der Waals surface area (Å²) in [7, 11) is 1.58. The van der Waals surface area contributed by atoms with Crippen molar-refractivity contribution in [3.05, 3.63) is 78.0 Å². The van der Waals surface area contributed by atoms with Crippen molar-refractivity contribution in [3.63, 3.8) is 0 Å². The molecule has 0 aliphatic carbocycles. The number of hydrogen-bond donors (Lipinski definition) is 1. The van der Waals surface area contributed by atoms with E-state index in [0.29, 0.717) is 33.1 Å². The lowest BCUT2D eigenvalue weighted by Crippen LogP contribution is -2.11. The lowest BCUT2D eigenvalue weighted by atomic mass is 10.0. The molecule has 1 saturated heterocycles. The van der Waals surface area contributed by atoms with E-state index in [4.69, 9.17) is 14.9 Å². The van der Waals surface area contributed by atoms with Gasteiger partial charge in [0, 0.05) is 16.0 Å². The lowest BCUT2D eigenvalue weighted by Gasteiger charge is -2.14. The molecule has 0 radical (unpaired) electrons. The smallest absolute Gasteiger partial charge is 0.186 e. The highest BCUT2D eigenvalue weighted by atomic mass is 79.9. The van der Waals surface area contributed by atoms with Crippen molar-refractivity contribution in [2.45, 2.75) is 12.5 Å². The van der Waals surface area contributed by atoms with Crippen molar-refractivity contribution < 1.29 is 14.3 Å². The average Bonchev–Trinajstić information content (AvgIpc) is 3.36. The second-order valence-electron chi connectivity index (χ2n) is 6.59. The van der Waals surface area contributed by atoms with Gasteiger partial charge in [0.15, 0.2) is 17.3 Å². The monoisotopic (exact) mass is 578 g/mol. The first-order valence-corrected chi connectivity index (χ1v) is 12.4. The molecule has 1 atom stereocenters. The molecule has 1 fully saturated rings. The number of ether oxygens (including phenoxy) is 2. The van der Waals surface area contributed by atoms with Gasteiger partial charge in [0.2, 0.25) is 0 Å². The van der Waals surface area contributed by atoms with Crippen LogP contribution in [0.15, 0.2) is 61.8 Å². The van der Waals surface area contributed by atoms with Crippen LogP contribution >= 0.6 is 55.0 Å². The molecule has 1 N–H and O–H groups in total. The number of halogens is 2. The highest BCUT2D eigenvalue weighted by Gasteiger charge is 2.38. The minimum absolute atomic E-state index is 0.101. The summed E-state index contributed by atoms with van der Waals surface area (Å²) >= 11 is 9.55. The van der Waals surface area contributed by atoms with E-state index in [1.54, 1.807) is 19.4 Å². The molecule has 1 aliphatic rings. The first kappa shape index (κ1) is 22.3. The number of hydrogen-bond acceptors (Lipinski definition) is 7. The number of thiazole rings is 1. The van der Waals surface area contributed by atoms with Crippen LogP contribution < -0.4 is 9.47 Å². The summed E-state index contributed by atoms with van der Waals surface area (Å²) < 4.78 is 13.3. The summed E-state index contributed by atoms with van der Waals surface area (Å²) in [5.74, 6) is 0.442. The Morgan fingerprint density at radius 3 is 2.68 bits per heavy atom. The van der Waals surface area contributed by atoms with Gasteiger partial charge < -0.3 is 9.47 Å². The summed E-state index contributed by atoms with van der Waals surface area (Å²) in [6, 6.07) is 11.6. The van der Waals surface area contributed by atoms with Gasteiger partial charge in [-0.15, -0.1) is 11.3 Å². The third kappa shape index (κ3) is 4.95. The van der Waals surface area contributed by atoms with E-state index in [-0.39, 0.29) is 5.78 Å². The van der Waals surface area contributed by atoms with Gasteiger partial charge in [0.05, 0.1) is 21.5 Å². The second-order valence-corrected chi connectivity index (χ2v) is 10.4. The third-order valence-corrected chi connectivity index (χ3v) is 7.48. The van der Waals surface area contributed by atoms with E-state index < -0.39 is 5.92 Å². The summed E-state index contributed by atoms with van der Waals surface area (Å²) in [6.07, 6.45) is 3.43. The zero-order valence-electron chi connectivity index (χ0n) is 16.2. The molecule has 1 aromatic heterocycles. The Labute approximate surface area is 204 Å². The minimum atomic E-state index is -0.602. The highest BCUT2D eigenvalue weighted by Crippen LogP contribution is 2.43. The number of aromatic nitrogens is 1. The Morgan fingerprint density at radius 2 is 2.00 bits per heavy atom. The zero-order valence-corrected chi connectivity index (χ0v) is 21.0. The summed E-state index contributed by atoms with van der Waals surface area (Å²) in [5.41, 5.74) is 1.81. The molecular formula is C22H16Br2N2O3S2. The molecule has 2 aromatic carbocycles. The Balaban J connectivity index is 1.57. The number of nitrogens with zero attached hydrogens (tertiary/aromatic N) is 1. The summed E-state index contributed by atoms with van der Waals surface area (Å²) in [4.78, 5) is 17.6. The quantitative estimate of drug-likeness (QED) is 0.330. The average molecular weight is 580 g/mol. The SMILES string of the molecule is COc1cc(/C=C2\SC(=N)[C@@H](c3nccs3)C2=O)cc(Br)c1OCc1ccc(Br)cc1. The van der Waals surface area contributed by atoms with Crippen molar-refractivity contribution in [1.29, 1.82) is 5.41 Å². The molecule has 0 unspecified atom stereocenters. The molecule has 0 bridgehead atoms. The molecule has 158 valence electrons. The van der Waals surface area contributed by atoms with Crippen LogP contribution in [0.3, 0.4) is 0 Å². The summed E-state index contributed by atoms with van der Waals surface area (Å²) in [5, 5.41) is 11.0. The van der Waals surface area contributed by atoms with Crippen LogP contribution in [0.5, 0.6) is 11.5 Å². The number of nitrogens with one attached hydrogen (secondary N) is 1. The Kier molecular flexibility index (Phi) is 6.95. The van der Waals surface area contributed by atoms with Gasteiger partial charge in [-0.25, -0.2) is 4.98 Å². The number of thioether (sulfide) groups is 1. The molecule has 2 heterocycles. The highest BCUT2D eigenvalue weighted by molar-refractivity contribution is 9.10. The lowest BCUT2D eigenvalue weighted by molar-refractivity contribution is -0.114. The maximum absolute atomic E-state index is 12.9. The van der Waals surface area contributed by atoms with Crippen LogP contribution in [-0.4, -0.2) is 22.9 Å². The first-order valence-electron chi connectivity index (χ1n) is 9.12. The first-order chi connectivity index (χ1) is 15.0. The summed E-state index contributed by atoms with van der Waals surface area (Å²) in [6.45, 7) is 0.393. The van der Waals surface area contributed by atoms with Gasteiger partial charge >= 0.3 is 0 Å². The molecule has 4 rings (SSSR count). The molecule has 0 amide bonds. The van der Waals surface area contributed by atoms with E-state index in [2.05, 4.69) is 36.8 Å². The van der Waals surface area contributed by atoms with Gasteiger partial charge in [-0.1, -0.05) is 39.8 Å². The van der Waals surface area contributed by atoms with Crippen LogP contribution in [0.1, 0.15) is 22.1 Å². The Morgan fingerprint density at radius 1 is 1.23 bits per heavy atom. The maximum atomic E-state index is 12.9. The number of benzene rings is 2. The maximum Gasteiger partial charge on any atom is 0.186 e. The van der Waals surface area contributed by atoms with Gasteiger partial charge in [0.25, 0.3) is 0 Å². The van der Waals surface area contributed by atoms with Crippen molar-refractivity contribution in [3.8, 4) is 11.5 Å². The van der Waals surface area contributed by atoms with Crippen LogP contribution in [0.4, 0.5) is 0 Å². The predicted octanol–water partition coefficient (Wildman–Crippen LogP) is 6.67. The fourth-order valence-electron chi connectivity index (χ4n) is 3.04. The number of allylic oxidation sites excluding steroid dienone is 1. The molecule has 9 heteroatoms. The molecule has 1 aliphatic heterocycles. The van der Waals surface area contributed by atoms with E-state index in [0.717, 1.165) is 20.1 Å². The molecule has 0 spiro atoms. The van der Waals surface area contributed by atoms with E-state index in [1.807, 2.05) is 41.8 Å². The third-order valence-electron chi connectivity index (χ3n) is 4.53. The predicted molar refractivity (Wildman–Crippen MR) is 132 cm³/mol. The van der Waals surface area contributed by atoms with Crippen LogP contribution in [-0.2, 0) is 11.4 Å². The van der Waals surface area contributed by atoms with E-state index >= 15 is 0 Å². The van der Waals surface area contributed by atoms with Crippen LogP contribution in [0.2, 0.25) is 0 Å². The van der Waals surface area contributed by atoms with Crippen molar-refractivity contribution >= 4 is 71.9 Å². The van der Waals surface area contributed by atoms with Gasteiger partial charge in [0.1, 0.15) is 17.5 Å². The Hall–Kier alpha value is -1.94. The number of carbonyl (C=O) groups is 1. The molecular weight excluding hydrogens is 564 g/mol.